The number of rotatable bonds is 7. The fourth-order valence-corrected chi connectivity index (χ4v) is 2.35. The lowest BCUT2D eigenvalue weighted by atomic mass is 10.1. The van der Waals surface area contributed by atoms with Crippen LogP contribution in [0.5, 0.6) is 5.75 Å². The van der Waals surface area contributed by atoms with Crippen molar-refractivity contribution in [2.75, 3.05) is 13.2 Å². The molecule has 2 aromatic rings. The predicted molar refractivity (Wildman–Crippen MR) is 87.5 cm³/mol. The first kappa shape index (κ1) is 17.5. The van der Waals surface area contributed by atoms with Crippen molar-refractivity contribution in [1.29, 1.82) is 0 Å². The van der Waals surface area contributed by atoms with Crippen molar-refractivity contribution >= 4 is 17.5 Å². The number of non-ortho nitro benzene ring substituents is 1. The van der Waals surface area contributed by atoms with Gasteiger partial charge < -0.3 is 9.84 Å². The second kappa shape index (κ2) is 7.30. The molecule has 2 amide bonds. The molecule has 2 aromatic carbocycles. The predicted octanol–water partition coefficient (Wildman–Crippen LogP) is 1.56. The van der Waals surface area contributed by atoms with Gasteiger partial charge in [-0.2, -0.15) is 0 Å². The number of nitro groups is 1. The standard InChI is InChI=1S/C17H14N2O7/c20-12(9-25-13-7-5-11(6-8-13)19(23)24)10-26-18-16(21)14-3-1-2-4-15(14)17(18)22/h1-8,12,20H,9-10H2/t12-/m1/s1. The molecule has 134 valence electrons. The minimum absolute atomic E-state index is 0.0770. The molecular weight excluding hydrogens is 344 g/mol. The van der Waals surface area contributed by atoms with Crippen LogP contribution in [0.4, 0.5) is 5.69 Å². The van der Waals surface area contributed by atoms with Crippen LogP contribution in [0.1, 0.15) is 20.7 Å². The van der Waals surface area contributed by atoms with E-state index in [0.29, 0.717) is 10.8 Å². The van der Waals surface area contributed by atoms with E-state index in [0.717, 1.165) is 0 Å². The summed E-state index contributed by atoms with van der Waals surface area (Å²) < 4.78 is 5.29. The molecule has 0 unspecified atom stereocenters. The molecule has 1 N–H and O–H groups in total. The van der Waals surface area contributed by atoms with Crippen molar-refractivity contribution in [3.8, 4) is 5.75 Å². The molecule has 0 aliphatic carbocycles. The number of hydrogen-bond donors (Lipinski definition) is 1. The maximum Gasteiger partial charge on any atom is 0.285 e. The Morgan fingerprint density at radius 1 is 1.00 bits per heavy atom. The largest absolute Gasteiger partial charge is 0.491 e. The zero-order chi connectivity index (χ0) is 18.7. The average Bonchev–Trinajstić information content (AvgIpc) is 2.89. The van der Waals surface area contributed by atoms with Crippen LogP contribution in [0.3, 0.4) is 0 Å². The summed E-state index contributed by atoms with van der Waals surface area (Å²) in [5.74, 6) is -0.849. The Bertz CT molecular complexity index is 815. The van der Waals surface area contributed by atoms with Crippen molar-refractivity contribution in [1.82, 2.24) is 5.06 Å². The summed E-state index contributed by atoms with van der Waals surface area (Å²) in [7, 11) is 0. The van der Waals surface area contributed by atoms with Gasteiger partial charge in [0, 0.05) is 12.1 Å². The Balaban J connectivity index is 1.50. The van der Waals surface area contributed by atoms with Crippen LogP contribution in [0.25, 0.3) is 0 Å². The van der Waals surface area contributed by atoms with Gasteiger partial charge in [0.1, 0.15) is 25.1 Å². The SMILES string of the molecule is O=C1c2ccccc2C(=O)N1OC[C@H](O)COc1ccc([N+](=O)[O-])cc1. The Morgan fingerprint density at radius 3 is 2.12 bits per heavy atom. The van der Waals surface area contributed by atoms with Gasteiger partial charge in [0.05, 0.1) is 16.1 Å². The highest BCUT2D eigenvalue weighted by Gasteiger charge is 2.36. The quantitative estimate of drug-likeness (QED) is 0.453. The maximum absolute atomic E-state index is 12.1. The fourth-order valence-electron chi connectivity index (χ4n) is 2.35. The summed E-state index contributed by atoms with van der Waals surface area (Å²) in [6, 6.07) is 11.7. The Kier molecular flexibility index (Phi) is 4.92. The molecule has 0 aromatic heterocycles. The van der Waals surface area contributed by atoms with Gasteiger partial charge in [-0.05, 0) is 24.3 Å². The molecule has 1 atom stereocenters. The number of hydrogen-bond acceptors (Lipinski definition) is 7. The van der Waals surface area contributed by atoms with E-state index < -0.39 is 22.8 Å². The molecule has 9 heteroatoms. The zero-order valence-corrected chi connectivity index (χ0v) is 13.4. The highest BCUT2D eigenvalue weighted by Crippen LogP contribution is 2.22. The summed E-state index contributed by atoms with van der Waals surface area (Å²) in [6.07, 6.45) is -1.12. The van der Waals surface area contributed by atoms with E-state index in [1.165, 1.54) is 36.4 Å². The summed E-state index contributed by atoms with van der Waals surface area (Å²) in [6.45, 7) is -0.514. The summed E-state index contributed by atoms with van der Waals surface area (Å²) in [5.41, 5.74) is 0.412. The van der Waals surface area contributed by atoms with Crippen LogP contribution in [-0.2, 0) is 4.84 Å². The van der Waals surface area contributed by atoms with Crippen molar-refractivity contribution in [2.24, 2.45) is 0 Å². The number of nitrogens with zero attached hydrogens (tertiary/aromatic N) is 2. The number of fused-ring (bicyclic) bond motifs is 1. The second-order valence-corrected chi connectivity index (χ2v) is 5.46. The molecule has 0 spiro atoms. The van der Waals surface area contributed by atoms with E-state index >= 15 is 0 Å². The lowest BCUT2D eigenvalue weighted by molar-refractivity contribution is -0.384. The smallest absolute Gasteiger partial charge is 0.285 e. The first-order chi connectivity index (χ1) is 12.5. The van der Waals surface area contributed by atoms with E-state index in [1.807, 2.05) is 0 Å². The number of aliphatic hydroxyl groups excluding tert-OH is 1. The number of amides is 2. The van der Waals surface area contributed by atoms with Crippen molar-refractivity contribution in [3.63, 3.8) is 0 Å². The molecule has 0 saturated heterocycles. The summed E-state index contributed by atoms with van der Waals surface area (Å²) in [5, 5.41) is 21.1. The van der Waals surface area contributed by atoms with Crippen LogP contribution in [0, 0.1) is 10.1 Å². The third-order valence-electron chi connectivity index (χ3n) is 3.64. The zero-order valence-electron chi connectivity index (χ0n) is 13.4. The monoisotopic (exact) mass is 358 g/mol. The van der Waals surface area contributed by atoms with Crippen LogP contribution >= 0.6 is 0 Å². The lowest BCUT2D eigenvalue weighted by Gasteiger charge is -2.17. The molecule has 0 radical (unpaired) electrons. The average molecular weight is 358 g/mol. The number of aliphatic hydroxyl groups is 1. The summed E-state index contributed by atoms with van der Waals surface area (Å²) >= 11 is 0. The third kappa shape index (κ3) is 3.53. The molecule has 1 aliphatic rings. The van der Waals surface area contributed by atoms with Crippen LogP contribution in [0.2, 0.25) is 0 Å². The van der Waals surface area contributed by atoms with Crippen LogP contribution < -0.4 is 4.74 Å². The van der Waals surface area contributed by atoms with E-state index in [2.05, 4.69) is 0 Å². The number of ether oxygens (including phenoxy) is 1. The van der Waals surface area contributed by atoms with Crippen LogP contribution in [-0.4, -0.2) is 46.2 Å². The first-order valence-electron chi connectivity index (χ1n) is 7.63. The number of nitro benzene ring substituents is 1. The van der Waals surface area contributed by atoms with Crippen molar-refractivity contribution < 1.29 is 29.2 Å². The Hall–Kier alpha value is -3.30. The number of benzene rings is 2. The molecule has 3 rings (SSSR count). The molecule has 26 heavy (non-hydrogen) atoms. The molecule has 1 heterocycles. The highest BCUT2D eigenvalue weighted by atomic mass is 16.7. The molecule has 0 bridgehead atoms. The molecule has 0 fully saturated rings. The van der Waals surface area contributed by atoms with E-state index in [-0.39, 0.29) is 30.0 Å². The minimum atomic E-state index is -1.12. The fraction of sp³-hybridized carbons (Fsp3) is 0.176. The van der Waals surface area contributed by atoms with Gasteiger partial charge in [0.2, 0.25) is 0 Å². The number of imide groups is 1. The topological polar surface area (TPSA) is 119 Å². The Morgan fingerprint density at radius 2 is 1.58 bits per heavy atom. The van der Waals surface area contributed by atoms with Crippen LogP contribution in [0.15, 0.2) is 48.5 Å². The maximum atomic E-state index is 12.1. The number of hydroxylamine groups is 2. The second-order valence-electron chi connectivity index (χ2n) is 5.46. The molecule has 9 nitrogen and oxygen atoms in total. The third-order valence-corrected chi connectivity index (χ3v) is 3.64. The van der Waals surface area contributed by atoms with Gasteiger partial charge in [-0.1, -0.05) is 12.1 Å². The summed E-state index contributed by atoms with van der Waals surface area (Å²) in [4.78, 5) is 39.4. The van der Waals surface area contributed by atoms with Gasteiger partial charge in [-0.25, -0.2) is 0 Å². The van der Waals surface area contributed by atoms with Gasteiger partial charge in [0.25, 0.3) is 17.5 Å². The van der Waals surface area contributed by atoms with E-state index in [9.17, 15) is 24.8 Å². The van der Waals surface area contributed by atoms with Crippen molar-refractivity contribution in [3.05, 3.63) is 69.8 Å². The normalized spacial score (nSPS) is 14.3. The first-order valence-corrected chi connectivity index (χ1v) is 7.63. The van der Waals surface area contributed by atoms with Gasteiger partial charge in [0.15, 0.2) is 0 Å². The minimum Gasteiger partial charge on any atom is -0.491 e. The van der Waals surface area contributed by atoms with Gasteiger partial charge in [-0.3, -0.25) is 24.5 Å². The van der Waals surface area contributed by atoms with Gasteiger partial charge in [-0.15, -0.1) is 5.06 Å². The molecule has 0 saturated carbocycles. The van der Waals surface area contributed by atoms with Crippen molar-refractivity contribution in [2.45, 2.75) is 6.10 Å². The van der Waals surface area contributed by atoms with E-state index in [4.69, 9.17) is 9.57 Å². The number of carbonyl (C=O) groups excluding carboxylic acids is 2. The van der Waals surface area contributed by atoms with E-state index in [1.54, 1.807) is 12.1 Å². The van der Waals surface area contributed by atoms with Gasteiger partial charge >= 0.3 is 0 Å². The lowest BCUT2D eigenvalue weighted by Crippen LogP contribution is -2.35. The molecule has 1 aliphatic heterocycles. The number of carbonyl (C=O) groups is 2. The highest BCUT2D eigenvalue weighted by molar-refractivity contribution is 6.20. The molecular formula is C17H14N2O7. The Labute approximate surface area is 147 Å².